The van der Waals surface area contributed by atoms with Gasteiger partial charge in [0.2, 0.25) is 5.91 Å². The molecule has 0 saturated carbocycles. The van der Waals surface area contributed by atoms with Crippen molar-refractivity contribution in [3.05, 3.63) is 76.1 Å². The van der Waals surface area contributed by atoms with Gasteiger partial charge in [-0.05, 0) is 71.8 Å². The fourth-order valence-corrected chi connectivity index (χ4v) is 3.92. The quantitative estimate of drug-likeness (QED) is 0.637. The second-order valence-corrected chi connectivity index (χ2v) is 8.25. The molecule has 1 amide bonds. The van der Waals surface area contributed by atoms with Crippen molar-refractivity contribution in [2.75, 3.05) is 12.4 Å². The van der Waals surface area contributed by atoms with Gasteiger partial charge >= 0.3 is 0 Å². The van der Waals surface area contributed by atoms with Gasteiger partial charge in [-0.15, -0.1) is 0 Å². The predicted octanol–water partition coefficient (Wildman–Crippen LogP) is 4.87. The van der Waals surface area contributed by atoms with Gasteiger partial charge in [0.1, 0.15) is 0 Å². The van der Waals surface area contributed by atoms with E-state index in [0.717, 1.165) is 39.5 Å². The Hall–Kier alpha value is -2.92. The average molecular weight is 405 g/mol. The molecule has 0 fully saturated rings. The van der Waals surface area contributed by atoms with E-state index in [4.69, 9.17) is 5.10 Å². The van der Waals surface area contributed by atoms with Crippen molar-refractivity contribution >= 4 is 11.6 Å². The molecule has 1 atom stereocenters. The van der Waals surface area contributed by atoms with Crippen LogP contribution in [0.1, 0.15) is 40.6 Å². The topological polar surface area (TPSA) is 50.2 Å². The van der Waals surface area contributed by atoms with Gasteiger partial charge in [-0.1, -0.05) is 35.9 Å². The summed E-state index contributed by atoms with van der Waals surface area (Å²) < 4.78 is 1.97. The number of hydrogen-bond acceptors (Lipinski definition) is 3. The van der Waals surface area contributed by atoms with E-state index in [-0.39, 0.29) is 11.9 Å². The van der Waals surface area contributed by atoms with E-state index >= 15 is 0 Å². The second kappa shape index (κ2) is 8.84. The Labute approximate surface area is 179 Å². The van der Waals surface area contributed by atoms with Crippen molar-refractivity contribution in [3.63, 3.8) is 0 Å². The van der Waals surface area contributed by atoms with Crippen molar-refractivity contribution in [3.8, 4) is 5.69 Å². The normalized spacial score (nSPS) is 12.3. The Bertz CT molecular complexity index is 1030. The van der Waals surface area contributed by atoms with Gasteiger partial charge in [0.05, 0.1) is 17.4 Å². The molecule has 0 bridgehead atoms. The number of para-hydroxylation sites is 1. The number of nitrogens with one attached hydrogen (secondary N) is 1. The van der Waals surface area contributed by atoms with Crippen molar-refractivity contribution in [1.82, 2.24) is 14.7 Å². The summed E-state index contributed by atoms with van der Waals surface area (Å²) >= 11 is 0. The molecule has 1 N–H and O–H groups in total. The number of amides is 1. The summed E-state index contributed by atoms with van der Waals surface area (Å²) in [6, 6.07) is 14.1. The number of aromatic nitrogens is 2. The summed E-state index contributed by atoms with van der Waals surface area (Å²) in [4.78, 5) is 15.0. The number of carbonyl (C=O) groups is 1. The third-order valence-corrected chi connectivity index (χ3v) is 5.82. The molecule has 0 aliphatic rings. The number of benzene rings is 2. The van der Waals surface area contributed by atoms with E-state index in [9.17, 15) is 4.79 Å². The zero-order valence-electron chi connectivity index (χ0n) is 19.1. The number of carbonyl (C=O) groups excluding carboxylic acids is 1. The first-order valence-electron chi connectivity index (χ1n) is 10.4. The molecule has 0 aliphatic heterocycles. The largest absolute Gasteiger partial charge is 0.324 e. The molecule has 30 heavy (non-hydrogen) atoms. The molecule has 0 saturated heterocycles. The number of aryl methyl sites for hydroxylation is 4. The molecule has 0 unspecified atom stereocenters. The zero-order valence-corrected chi connectivity index (χ0v) is 19.1. The number of rotatable bonds is 6. The van der Waals surface area contributed by atoms with Crippen molar-refractivity contribution in [1.29, 1.82) is 0 Å². The smallest absolute Gasteiger partial charge is 0.241 e. The van der Waals surface area contributed by atoms with Crippen LogP contribution in [0.15, 0.2) is 42.5 Å². The van der Waals surface area contributed by atoms with Crippen LogP contribution in [0.2, 0.25) is 0 Å². The fraction of sp³-hybridized carbons (Fsp3) is 0.360. The van der Waals surface area contributed by atoms with Crippen LogP contribution in [0.5, 0.6) is 0 Å². The van der Waals surface area contributed by atoms with Gasteiger partial charge in [-0.25, -0.2) is 4.68 Å². The number of nitrogens with zero attached hydrogens (tertiary/aromatic N) is 3. The minimum Gasteiger partial charge on any atom is -0.324 e. The third kappa shape index (κ3) is 4.46. The van der Waals surface area contributed by atoms with Crippen LogP contribution >= 0.6 is 0 Å². The Morgan fingerprint density at radius 3 is 2.27 bits per heavy atom. The maximum absolute atomic E-state index is 13.0. The van der Waals surface area contributed by atoms with Crippen LogP contribution in [0.25, 0.3) is 5.69 Å². The van der Waals surface area contributed by atoms with E-state index in [1.165, 1.54) is 5.56 Å². The molecule has 3 rings (SSSR count). The number of likely N-dealkylation sites (N-methyl/N-ethyl adjacent to an activating group) is 1. The minimum absolute atomic E-state index is 0.00156. The monoisotopic (exact) mass is 404 g/mol. The summed E-state index contributed by atoms with van der Waals surface area (Å²) in [5.74, 6) is -0.00156. The molecule has 158 valence electrons. The van der Waals surface area contributed by atoms with E-state index in [2.05, 4.69) is 48.3 Å². The van der Waals surface area contributed by atoms with Crippen molar-refractivity contribution < 1.29 is 4.79 Å². The van der Waals surface area contributed by atoms with Crippen LogP contribution in [0.4, 0.5) is 5.69 Å². The van der Waals surface area contributed by atoms with Gasteiger partial charge in [0, 0.05) is 23.5 Å². The van der Waals surface area contributed by atoms with E-state index < -0.39 is 0 Å². The molecule has 2 aromatic carbocycles. The van der Waals surface area contributed by atoms with Gasteiger partial charge in [0.15, 0.2) is 0 Å². The highest BCUT2D eigenvalue weighted by Crippen LogP contribution is 2.23. The standard InChI is InChI=1S/C25H32N4O/c1-16-13-17(2)24(18(3)14-16)26-25(30)21(6)28(7)15-23-19(4)27-29(20(23)5)22-11-9-8-10-12-22/h8-14,21H,15H2,1-7H3,(H,26,30)/t21-/m1/s1. The molecule has 0 spiro atoms. The van der Waals surface area contributed by atoms with Crippen LogP contribution in [-0.2, 0) is 11.3 Å². The fourth-order valence-electron chi connectivity index (χ4n) is 3.92. The van der Waals surface area contributed by atoms with Crippen LogP contribution in [-0.4, -0.2) is 33.7 Å². The lowest BCUT2D eigenvalue weighted by Gasteiger charge is -2.25. The third-order valence-electron chi connectivity index (χ3n) is 5.82. The Kier molecular flexibility index (Phi) is 6.42. The molecular formula is C25H32N4O. The summed E-state index contributed by atoms with van der Waals surface area (Å²) in [5, 5.41) is 7.86. The molecule has 0 radical (unpaired) electrons. The van der Waals surface area contributed by atoms with Crippen LogP contribution < -0.4 is 5.32 Å². The summed E-state index contributed by atoms with van der Waals surface area (Å²) in [6.07, 6.45) is 0. The van der Waals surface area contributed by atoms with Crippen molar-refractivity contribution in [2.24, 2.45) is 0 Å². The van der Waals surface area contributed by atoms with Gasteiger partial charge in [0.25, 0.3) is 0 Å². The Morgan fingerprint density at radius 1 is 1.07 bits per heavy atom. The van der Waals surface area contributed by atoms with Gasteiger partial charge in [-0.3, -0.25) is 9.69 Å². The highest BCUT2D eigenvalue weighted by molar-refractivity contribution is 5.95. The van der Waals surface area contributed by atoms with Crippen LogP contribution in [0.3, 0.4) is 0 Å². The number of anilines is 1. The molecule has 0 aliphatic carbocycles. The second-order valence-electron chi connectivity index (χ2n) is 8.25. The lowest BCUT2D eigenvalue weighted by Crippen LogP contribution is -2.39. The molecule has 5 nitrogen and oxygen atoms in total. The summed E-state index contributed by atoms with van der Waals surface area (Å²) in [7, 11) is 1.98. The summed E-state index contributed by atoms with van der Waals surface area (Å²) in [6.45, 7) is 12.9. The Morgan fingerprint density at radius 2 is 1.67 bits per heavy atom. The first-order valence-corrected chi connectivity index (χ1v) is 10.4. The minimum atomic E-state index is -0.274. The predicted molar refractivity (Wildman–Crippen MR) is 123 cm³/mol. The van der Waals surface area contributed by atoms with Crippen molar-refractivity contribution in [2.45, 2.75) is 54.1 Å². The maximum atomic E-state index is 13.0. The SMILES string of the molecule is Cc1cc(C)c(NC(=O)[C@@H](C)N(C)Cc2c(C)nn(-c3ccccc3)c2C)c(C)c1. The molecule has 1 heterocycles. The lowest BCUT2D eigenvalue weighted by atomic mass is 10.0. The average Bonchev–Trinajstić information content (AvgIpc) is 2.98. The maximum Gasteiger partial charge on any atom is 0.241 e. The number of hydrogen-bond donors (Lipinski definition) is 1. The van der Waals surface area contributed by atoms with E-state index in [1.54, 1.807) is 0 Å². The highest BCUT2D eigenvalue weighted by Gasteiger charge is 2.22. The molecule has 5 heteroatoms. The zero-order chi connectivity index (χ0) is 22.0. The molecular weight excluding hydrogens is 372 g/mol. The first kappa shape index (κ1) is 21.8. The van der Waals surface area contributed by atoms with E-state index in [1.807, 2.05) is 57.6 Å². The van der Waals surface area contributed by atoms with Crippen LogP contribution in [0, 0.1) is 34.6 Å². The highest BCUT2D eigenvalue weighted by atomic mass is 16.2. The Balaban J connectivity index is 1.75. The summed E-state index contributed by atoms with van der Waals surface area (Å²) in [5.41, 5.74) is 8.58. The lowest BCUT2D eigenvalue weighted by molar-refractivity contribution is -0.120. The van der Waals surface area contributed by atoms with Gasteiger partial charge < -0.3 is 5.32 Å². The first-order chi connectivity index (χ1) is 14.2. The molecule has 1 aromatic heterocycles. The van der Waals surface area contributed by atoms with E-state index in [0.29, 0.717) is 6.54 Å². The van der Waals surface area contributed by atoms with Gasteiger partial charge in [-0.2, -0.15) is 5.10 Å². The molecule has 3 aromatic rings.